The second-order valence-electron chi connectivity index (χ2n) is 5.26. The lowest BCUT2D eigenvalue weighted by Gasteiger charge is -2.37. The minimum absolute atomic E-state index is 0.192. The van der Waals surface area contributed by atoms with E-state index in [2.05, 4.69) is 5.32 Å². The van der Waals surface area contributed by atoms with Gasteiger partial charge in [0.1, 0.15) is 11.6 Å². The van der Waals surface area contributed by atoms with Gasteiger partial charge in [-0.1, -0.05) is 0 Å². The van der Waals surface area contributed by atoms with E-state index >= 15 is 0 Å². The molecule has 1 N–H and O–H groups in total. The molecule has 0 spiro atoms. The van der Waals surface area contributed by atoms with Gasteiger partial charge in [0.15, 0.2) is 0 Å². The normalized spacial score (nSPS) is 24.1. The summed E-state index contributed by atoms with van der Waals surface area (Å²) >= 11 is 0. The van der Waals surface area contributed by atoms with Crippen molar-refractivity contribution in [2.75, 3.05) is 6.61 Å². The summed E-state index contributed by atoms with van der Waals surface area (Å²) in [5.41, 5.74) is 0.733. The minimum atomic E-state index is -0.356. The van der Waals surface area contributed by atoms with Gasteiger partial charge in [-0.3, -0.25) is 0 Å². The molecule has 0 heterocycles. The molecule has 1 saturated carbocycles. The van der Waals surface area contributed by atoms with Crippen LogP contribution in [0.15, 0.2) is 12.1 Å². The molecule has 0 bridgehead atoms. The lowest BCUT2D eigenvalue weighted by Crippen LogP contribution is -2.46. The van der Waals surface area contributed by atoms with Crippen molar-refractivity contribution < 1.29 is 13.5 Å². The predicted molar refractivity (Wildman–Crippen MR) is 71.1 cm³/mol. The molecular weight excluding hydrogens is 248 g/mol. The molecule has 1 unspecified atom stereocenters. The molecular formula is C15H21F2NO. The number of nitrogens with one attached hydrogen (secondary N) is 1. The predicted octanol–water partition coefficient (Wildman–Crippen LogP) is 3.49. The summed E-state index contributed by atoms with van der Waals surface area (Å²) in [6, 6.07) is 2.69. The molecule has 106 valence electrons. The van der Waals surface area contributed by atoms with Crippen LogP contribution in [0.1, 0.15) is 43.9 Å². The molecule has 0 aliphatic heterocycles. The quantitative estimate of drug-likeness (QED) is 0.883. The minimum Gasteiger partial charge on any atom is -0.378 e. The lowest BCUT2D eigenvalue weighted by molar-refractivity contribution is -0.0121. The molecule has 1 fully saturated rings. The van der Waals surface area contributed by atoms with Crippen LogP contribution in [0.25, 0.3) is 0 Å². The number of ether oxygens (including phenoxy) is 1. The van der Waals surface area contributed by atoms with E-state index < -0.39 is 0 Å². The zero-order chi connectivity index (χ0) is 14.0. The van der Waals surface area contributed by atoms with E-state index in [0.29, 0.717) is 23.3 Å². The number of hydrogen-bond acceptors (Lipinski definition) is 2. The maximum atomic E-state index is 13.8. The summed E-state index contributed by atoms with van der Waals surface area (Å²) in [6.07, 6.45) is 2.19. The SMILES string of the molecule is CCOC1CC(NC(C)c2cc(F)c(C)cc2F)C1. The molecule has 1 aliphatic rings. The third-order valence-corrected chi connectivity index (χ3v) is 3.73. The Hall–Kier alpha value is -1.00. The molecule has 0 amide bonds. The second-order valence-corrected chi connectivity index (χ2v) is 5.26. The Morgan fingerprint density at radius 3 is 2.63 bits per heavy atom. The summed E-state index contributed by atoms with van der Waals surface area (Å²) in [7, 11) is 0. The summed E-state index contributed by atoms with van der Waals surface area (Å²) in [6.45, 7) is 6.14. The van der Waals surface area contributed by atoms with E-state index in [-0.39, 0.29) is 17.7 Å². The van der Waals surface area contributed by atoms with Gasteiger partial charge in [-0.15, -0.1) is 0 Å². The van der Waals surface area contributed by atoms with Crippen LogP contribution in [0.4, 0.5) is 8.78 Å². The molecule has 1 aliphatic carbocycles. The molecule has 0 radical (unpaired) electrons. The Labute approximate surface area is 113 Å². The highest BCUT2D eigenvalue weighted by atomic mass is 19.1. The van der Waals surface area contributed by atoms with Gasteiger partial charge in [-0.05, 0) is 51.3 Å². The van der Waals surface area contributed by atoms with Gasteiger partial charge in [0.25, 0.3) is 0 Å². The lowest BCUT2D eigenvalue weighted by atomic mass is 9.88. The van der Waals surface area contributed by atoms with Gasteiger partial charge < -0.3 is 10.1 Å². The van der Waals surface area contributed by atoms with Crippen LogP contribution in [0.2, 0.25) is 0 Å². The average Bonchev–Trinajstić information content (AvgIpc) is 2.31. The zero-order valence-corrected chi connectivity index (χ0v) is 11.7. The van der Waals surface area contributed by atoms with Crippen LogP contribution < -0.4 is 5.32 Å². The van der Waals surface area contributed by atoms with E-state index in [4.69, 9.17) is 4.74 Å². The van der Waals surface area contributed by atoms with Crippen molar-refractivity contribution in [2.24, 2.45) is 0 Å². The summed E-state index contributed by atoms with van der Waals surface area (Å²) in [4.78, 5) is 0. The molecule has 0 saturated heterocycles. The number of halogens is 2. The fraction of sp³-hybridized carbons (Fsp3) is 0.600. The largest absolute Gasteiger partial charge is 0.378 e. The Morgan fingerprint density at radius 2 is 2.00 bits per heavy atom. The van der Waals surface area contributed by atoms with E-state index in [0.717, 1.165) is 19.4 Å². The Kier molecular flexibility index (Phi) is 4.53. The number of benzene rings is 1. The highest BCUT2D eigenvalue weighted by molar-refractivity contribution is 5.27. The van der Waals surface area contributed by atoms with E-state index in [1.807, 2.05) is 13.8 Å². The first-order valence-corrected chi connectivity index (χ1v) is 6.84. The highest BCUT2D eigenvalue weighted by Gasteiger charge is 2.30. The first-order valence-electron chi connectivity index (χ1n) is 6.84. The van der Waals surface area contributed by atoms with Gasteiger partial charge >= 0.3 is 0 Å². The summed E-state index contributed by atoms with van der Waals surface area (Å²) in [5, 5.41) is 3.32. The molecule has 0 aromatic heterocycles. The standard InChI is InChI=1S/C15H21F2NO/c1-4-19-12-6-11(7-12)18-10(3)13-8-14(16)9(2)5-15(13)17/h5,8,10-12,18H,4,6-7H2,1-3H3. The van der Waals surface area contributed by atoms with Crippen LogP contribution in [0.5, 0.6) is 0 Å². The smallest absolute Gasteiger partial charge is 0.128 e. The van der Waals surface area contributed by atoms with Crippen molar-refractivity contribution in [3.63, 3.8) is 0 Å². The van der Waals surface area contributed by atoms with Gasteiger partial charge in [-0.25, -0.2) is 8.78 Å². The first-order chi connectivity index (χ1) is 9.01. The maximum absolute atomic E-state index is 13.8. The number of rotatable bonds is 5. The van der Waals surface area contributed by atoms with Crippen LogP contribution in [-0.2, 0) is 4.74 Å². The van der Waals surface area contributed by atoms with Crippen LogP contribution in [0.3, 0.4) is 0 Å². The molecule has 4 heteroatoms. The zero-order valence-electron chi connectivity index (χ0n) is 11.7. The van der Waals surface area contributed by atoms with E-state index in [1.165, 1.54) is 12.1 Å². The summed E-state index contributed by atoms with van der Waals surface area (Å²) in [5.74, 6) is -0.703. The molecule has 2 nitrogen and oxygen atoms in total. The van der Waals surface area contributed by atoms with Crippen molar-refractivity contribution in [3.8, 4) is 0 Å². The maximum Gasteiger partial charge on any atom is 0.128 e. The van der Waals surface area contributed by atoms with Gasteiger partial charge in [-0.2, -0.15) is 0 Å². The number of aryl methyl sites for hydroxylation is 1. The third-order valence-electron chi connectivity index (χ3n) is 3.73. The van der Waals surface area contributed by atoms with Crippen molar-refractivity contribution in [1.29, 1.82) is 0 Å². The first kappa shape index (κ1) is 14.4. The fourth-order valence-electron chi connectivity index (χ4n) is 2.51. The monoisotopic (exact) mass is 269 g/mol. The molecule has 19 heavy (non-hydrogen) atoms. The van der Waals surface area contributed by atoms with Crippen molar-refractivity contribution in [1.82, 2.24) is 5.32 Å². The van der Waals surface area contributed by atoms with Crippen LogP contribution in [-0.4, -0.2) is 18.8 Å². The Morgan fingerprint density at radius 1 is 1.32 bits per heavy atom. The molecule has 1 atom stereocenters. The van der Waals surface area contributed by atoms with Crippen molar-refractivity contribution in [3.05, 3.63) is 34.9 Å². The van der Waals surface area contributed by atoms with Gasteiger partial charge in [0.05, 0.1) is 6.10 Å². The Bertz CT molecular complexity index is 444. The van der Waals surface area contributed by atoms with Crippen LogP contribution in [0, 0.1) is 18.6 Å². The van der Waals surface area contributed by atoms with Gasteiger partial charge in [0, 0.05) is 24.3 Å². The average molecular weight is 269 g/mol. The highest BCUT2D eigenvalue weighted by Crippen LogP contribution is 2.27. The second kappa shape index (κ2) is 5.97. The van der Waals surface area contributed by atoms with E-state index in [9.17, 15) is 8.78 Å². The number of hydrogen-bond donors (Lipinski definition) is 1. The summed E-state index contributed by atoms with van der Waals surface area (Å²) < 4.78 is 32.8. The molecule has 2 rings (SSSR count). The van der Waals surface area contributed by atoms with Crippen LogP contribution >= 0.6 is 0 Å². The third kappa shape index (κ3) is 3.31. The Balaban J connectivity index is 1.94. The molecule has 1 aromatic carbocycles. The van der Waals surface area contributed by atoms with Gasteiger partial charge in [0.2, 0.25) is 0 Å². The van der Waals surface area contributed by atoms with E-state index in [1.54, 1.807) is 6.92 Å². The fourth-order valence-corrected chi connectivity index (χ4v) is 2.51. The molecule has 1 aromatic rings. The topological polar surface area (TPSA) is 21.3 Å². The van der Waals surface area contributed by atoms with Crippen molar-refractivity contribution >= 4 is 0 Å². The van der Waals surface area contributed by atoms with Crippen molar-refractivity contribution in [2.45, 2.75) is 51.8 Å².